The van der Waals surface area contributed by atoms with Gasteiger partial charge >= 0.3 is 0 Å². The summed E-state index contributed by atoms with van der Waals surface area (Å²) in [7, 11) is -2.37. The Bertz CT molecular complexity index is 1670. The van der Waals surface area contributed by atoms with Crippen LogP contribution in [0.25, 0.3) is 11.1 Å². The lowest BCUT2D eigenvalue weighted by Gasteiger charge is -2.17. The number of nitrogens with zero attached hydrogens (tertiary/aromatic N) is 3. The highest BCUT2D eigenvalue weighted by atomic mass is 32.2. The zero-order valence-corrected chi connectivity index (χ0v) is 25.9. The van der Waals surface area contributed by atoms with Crippen LogP contribution in [0.15, 0.2) is 51.9 Å². The number of imidazole rings is 1. The predicted octanol–water partition coefficient (Wildman–Crippen LogP) is 5.42. The van der Waals surface area contributed by atoms with Gasteiger partial charge in [0.15, 0.2) is 5.82 Å². The molecule has 0 fully saturated rings. The molecule has 0 bridgehead atoms. The van der Waals surface area contributed by atoms with E-state index in [9.17, 15) is 13.2 Å². The molecule has 10 nitrogen and oxygen atoms in total. The van der Waals surface area contributed by atoms with Crippen LogP contribution in [0.5, 0.6) is 0 Å². The van der Waals surface area contributed by atoms with Crippen molar-refractivity contribution in [3.8, 4) is 11.1 Å². The topological polar surface area (TPSA) is 128 Å². The molecular formula is C31H39N5O5S. The maximum atomic E-state index is 13.6. The summed E-state index contributed by atoms with van der Waals surface area (Å²) in [5, 5.41) is 6.63. The molecule has 0 aliphatic rings. The number of nitrogens with one attached hydrogen (secondary N) is 2. The maximum Gasteiger partial charge on any atom is 0.269 e. The Morgan fingerprint density at radius 2 is 1.83 bits per heavy atom. The molecule has 2 aromatic heterocycles. The number of aromatic nitrogens is 3. The van der Waals surface area contributed by atoms with E-state index in [2.05, 4.69) is 22.1 Å². The van der Waals surface area contributed by atoms with E-state index in [1.54, 1.807) is 39.1 Å². The number of aryl methyl sites for hydroxylation is 3. The maximum absolute atomic E-state index is 13.6. The molecule has 0 spiro atoms. The number of sulfonamides is 1. The third-order valence-electron chi connectivity index (χ3n) is 7.20. The predicted molar refractivity (Wildman–Crippen MR) is 162 cm³/mol. The Balaban J connectivity index is 1.79. The minimum absolute atomic E-state index is 0.116. The van der Waals surface area contributed by atoms with E-state index in [4.69, 9.17) is 14.2 Å². The number of anilines is 1. The van der Waals surface area contributed by atoms with Crippen molar-refractivity contribution in [1.82, 2.24) is 20.0 Å². The second-order valence-electron chi connectivity index (χ2n) is 10.0. The van der Waals surface area contributed by atoms with Crippen LogP contribution in [0.1, 0.15) is 71.6 Å². The molecule has 0 saturated carbocycles. The first-order chi connectivity index (χ1) is 20.1. The summed E-state index contributed by atoms with van der Waals surface area (Å²) in [5.41, 5.74) is 5.02. The third-order valence-corrected chi connectivity index (χ3v) is 8.59. The van der Waals surface area contributed by atoms with E-state index in [0.29, 0.717) is 42.2 Å². The van der Waals surface area contributed by atoms with Gasteiger partial charge in [-0.25, -0.2) is 13.4 Å². The second-order valence-corrected chi connectivity index (χ2v) is 11.7. The third kappa shape index (κ3) is 6.42. The summed E-state index contributed by atoms with van der Waals surface area (Å²) in [5.74, 6) is 1.40. The van der Waals surface area contributed by atoms with Crippen molar-refractivity contribution < 1.29 is 22.5 Å². The van der Waals surface area contributed by atoms with Gasteiger partial charge in [0.25, 0.3) is 15.9 Å². The molecular weight excluding hydrogens is 554 g/mol. The first-order valence-electron chi connectivity index (χ1n) is 14.2. The molecule has 0 atom stereocenters. The summed E-state index contributed by atoms with van der Waals surface area (Å²) < 4.78 is 42.7. The molecule has 11 heteroatoms. The van der Waals surface area contributed by atoms with Crippen LogP contribution in [-0.4, -0.2) is 42.7 Å². The number of carbonyl (C=O) groups excluding carboxylic acids is 1. The van der Waals surface area contributed by atoms with Crippen molar-refractivity contribution in [2.75, 3.05) is 18.4 Å². The van der Waals surface area contributed by atoms with Gasteiger partial charge in [0, 0.05) is 37.7 Å². The average molecular weight is 594 g/mol. The Labute approximate surface area is 247 Å². The van der Waals surface area contributed by atoms with Gasteiger partial charge in [-0.1, -0.05) is 55.4 Å². The number of hydrogen-bond acceptors (Lipinski definition) is 7. The summed E-state index contributed by atoms with van der Waals surface area (Å²) in [6.07, 6.45) is 2.29. The van der Waals surface area contributed by atoms with Crippen LogP contribution in [-0.2, 0) is 40.8 Å². The Kier molecular flexibility index (Phi) is 9.85. The van der Waals surface area contributed by atoms with Gasteiger partial charge in [-0.2, -0.15) is 0 Å². The smallest absolute Gasteiger partial charge is 0.269 e. The molecule has 0 radical (unpaired) electrons. The molecule has 0 saturated heterocycles. The van der Waals surface area contributed by atoms with Crippen molar-refractivity contribution in [3.63, 3.8) is 0 Å². The van der Waals surface area contributed by atoms with Gasteiger partial charge in [-0.15, -0.1) is 0 Å². The molecule has 0 aliphatic heterocycles. The van der Waals surface area contributed by atoms with E-state index >= 15 is 0 Å². The standard InChI is InChI=1S/C31H39N5O5S/c1-7-12-28-33-26(8-2)29(31(37)32-6)36(28)18-22-15-16-24(23(17-22)19-40-9-3)25-13-10-11-14-27(25)42(38,39)35-30-20(4)21(5)41-34-30/h10-11,13-17H,7-9,12,18-19H2,1-6H3,(H,32,37)(H,34,35). The Morgan fingerprint density at radius 1 is 1.07 bits per heavy atom. The minimum atomic E-state index is -4.00. The Morgan fingerprint density at radius 3 is 2.48 bits per heavy atom. The van der Waals surface area contributed by atoms with Crippen LogP contribution in [0.3, 0.4) is 0 Å². The quantitative estimate of drug-likeness (QED) is 0.212. The van der Waals surface area contributed by atoms with Crippen LogP contribution in [0.4, 0.5) is 5.82 Å². The summed E-state index contributed by atoms with van der Waals surface area (Å²) in [6, 6.07) is 12.7. The fourth-order valence-corrected chi connectivity index (χ4v) is 6.18. The van der Waals surface area contributed by atoms with E-state index in [0.717, 1.165) is 41.1 Å². The molecule has 2 heterocycles. The van der Waals surface area contributed by atoms with Gasteiger partial charge in [-0.05, 0) is 56.4 Å². The van der Waals surface area contributed by atoms with Crippen molar-refractivity contribution in [1.29, 1.82) is 0 Å². The van der Waals surface area contributed by atoms with Crippen molar-refractivity contribution >= 4 is 21.7 Å². The molecule has 0 unspecified atom stereocenters. The number of hydrogen-bond donors (Lipinski definition) is 2. The van der Waals surface area contributed by atoms with Gasteiger partial charge in [0.2, 0.25) is 0 Å². The molecule has 2 N–H and O–H groups in total. The highest BCUT2D eigenvalue weighted by Gasteiger charge is 2.25. The number of rotatable bonds is 13. The SMILES string of the molecule is CCCc1nc(CC)c(C(=O)NC)n1Cc1ccc(-c2ccccc2S(=O)(=O)Nc2noc(C)c2C)c(COCC)c1. The summed E-state index contributed by atoms with van der Waals surface area (Å²) in [6.45, 7) is 10.7. The number of amides is 1. The molecule has 224 valence electrons. The van der Waals surface area contributed by atoms with Crippen LogP contribution < -0.4 is 10.0 Å². The highest BCUT2D eigenvalue weighted by molar-refractivity contribution is 7.92. The van der Waals surface area contributed by atoms with Crippen LogP contribution >= 0.6 is 0 Å². The minimum Gasteiger partial charge on any atom is -0.377 e. The van der Waals surface area contributed by atoms with Crippen LogP contribution in [0.2, 0.25) is 0 Å². The molecule has 0 aliphatic carbocycles. The van der Waals surface area contributed by atoms with Crippen molar-refractivity contribution in [3.05, 3.63) is 82.1 Å². The number of ether oxygens (including phenoxy) is 1. The van der Waals surface area contributed by atoms with Gasteiger partial charge in [-0.3, -0.25) is 9.52 Å². The van der Waals surface area contributed by atoms with Crippen LogP contribution in [0, 0.1) is 13.8 Å². The van der Waals surface area contributed by atoms with Gasteiger partial charge in [0.1, 0.15) is 17.3 Å². The summed E-state index contributed by atoms with van der Waals surface area (Å²) in [4.78, 5) is 17.8. The first-order valence-corrected chi connectivity index (χ1v) is 15.7. The lowest BCUT2D eigenvalue weighted by Crippen LogP contribution is -2.24. The molecule has 2 aromatic carbocycles. The fourth-order valence-electron chi connectivity index (χ4n) is 4.90. The largest absolute Gasteiger partial charge is 0.377 e. The highest BCUT2D eigenvalue weighted by Crippen LogP contribution is 2.33. The van der Waals surface area contributed by atoms with E-state index < -0.39 is 10.0 Å². The molecule has 1 amide bonds. The summed E-state index contributed by atoms with van der Waals surface area (Å²) >= 11 is 0. The average Bonchev–Trinajstić information content (AvgIpc) is 3.49. The second kappa shape index (κ2) is 13.3. The van der Waals surface area contributed by atoms with Gasteiger partial charge < -0.3 is 19.1 Å². The van der Waals surface area contributed by atoms with E-state index in [1.807, 2.05) is 42.7 Å². The number of carbonyl (C=O) groups is 1. The van der Waals surface area contributed by atoms with Gasteiger partial charge in [0.05, 0.1) is 17.2 Å². The molecule has 4 aromatic rings. The van der Waals surface area contributed by atoms with Crippen molar-refractivity contribution in [2.45, 2.75) is 71.9 Å². The monoisotopic (exact) mass is 593 g/mol. The van der Waals surface area contributed by atoms with E-state index in [-0.39, 0.29) is 23.2 Å². The van der Waals surface area contributed by atoms with E-state index in [1.165, 1.54) is 0 Å². The normalized spacial score (nSPS) is 11.6. The fraction of sp³-hybridized carbons (Fsp3) is 0.387. The van der Waals surface area contributed by atoms with Crippen molar-refractivity contribution in [2.24, 2.45) is 0 Å². The Hall–Kier alpha value is -3.96. The lowest BCUT2D eigenvalue weighted by atomic mass is 9.97. The number of benzene rings is 2. The molecule has 4 rings (SSSR count). The zero-order chi connectivity index (χ0) is 30.4. The first kappa shape index (κ1) is 31.0. The zero-order valence-electron chi connectivity index (χ0n) is 25.1. The lowest BCUT2D eigenvalue weighted by molar-refractivity contribution is 0.0953. The molecule has 42 heavy (non-hydrogen) atoms.